The first-order valence-electron chi connectivity index (χ1n) is 7.66. The van der Waals surface area contributed by atoms with Gasteiger partial charge in [-0.1, -0.05) is 48.5 Å². The molecule has 0 unspecified atom stereocenters. The minimum atomic E-state index is -0.886. The Morgan fingerprint density at radius 3 is 2.08 bits per heavy atom. The molecule has 5 heteroatoms. The molecule has 0 aliphatic rings. The van der Waals surface area contributed by atoms with Crippen LogP contribution < -0.4 is 5.32 Å². The molecule has 0 aliphatic heterocycles. The molecule has 0 aromatic heterocycles. The second kappa shape index (κ2) is 8.84. The Labute approximate surface area is 141 Å². The van der Waals surface area contributed by atoms with E-state index < -0.39 is 18.1 Å². The number of carbonyl (C=O) groups is 2. The van der Waals surface area contributed by atoms with E-state index in [4.69, 9.17) is 9.47 Å². The Kier molecular flexibility index (Phi) is 6.51. The molecule has 5 nitrogen and oxygen atoms in total. The van der Waals surface area contributed by atoms with Gasteiger partial charge in [0.1, 0.15) is 0 Å². The Bertz CT molecular complexity index is 658. The van der Waals surface area contributed by atoms with E-state index in [2.05, 4.69) is 5.32 Å². The number of benzene rings is 2. The molecule has 2 aromatic carbocycles. The second-order valence-corrected chi connectivity index (χ2v) is 5.32. The molecule has 126 valence electrons. The molecule has 2 atom stereocenters. The highest BCUT2D eigenvalue weighted by Crippen LogP contribution is 2.11. The summed E-state index contributed by atoms with van der Waals surface area (Å²) in [4.78, 5) is 24.5. The first kappa shape index (κ1) is 17.7. The molecule has 2 aromatic rings. The van der Waals surface area contributed by atoms with Gasteiger partial charge < -0.3 is 14.8 Å². The van der Waals surface area contributed by atoms with Gasteiger partial charge in [0.05, 0.1) is 13.2 Å². The van der Waals surface area contributed by atoms with E-state index in [0.717, 1.165) is 5.56 Å². The predicted octanol–water partition coefficient (Wildman–Crippen LogP) is 2.22. The molecule has 0 radical (unpaired) electrons. The molecule has 1 amide bonds. The number of carbonyl (C=O) groups excluding carboxylic acids is 2. The van der Waals surface area contributed by atoms with Gasteiger partial charge >= 0.3 is 5.97 Å². The number of hydrogen-bond donors (Lipinski definition) is 1. The fraction of sp³-hybridized carbons (Fsp3) is 0.263. The number of ether oxygens (including phenoxy) is 2. The molecule has 0 saturated heterocycles. The van der Waals surface area contributed by atoms with Gasteiger partial charge in [-0.15, -0.1) is 0 Å². The number of amides is 1. The number of hydrogen-bond acceptors (Lipinski definition) is 4. The van der Waals surface area contributed by atoms with Crippen molar-refractivity contribution in [2.24, 2.45) is 0 Å². The van der Waals surface area contributed by atoms with Crippen LogP contribution in [0.15, 0.2) is 60.7 Å². The van der Waals surface area contributed by atoms with Crippen LogP contribution in [0.1, 0.15) is 15.9 Å². The summed E-state index contributed by atoms with van der Waals surface area (Å²) in [5.74, 6) is -0.783. The number of rotatable bonds is 7. The molecule has 0 heterocycles. The standard InChI is InChI=1S/C19H21NO4/c1-23-17(19(22)24-2)16(13-14-9-5-3-6-10-14)20-18(21)15-11-7-4-8-12-15/h3-12,16-17H,13H2,1-2H3,(H,20,21)/t16-,17+/m0/s1. The number of esters is 1. The Balaban J connectivity index is 2.21. The van der Waals surface area contributed by atoms with E-state index in [1.54, 1.807) is 24.3 Å². The van der Waals surface area contributed by atoms with Crippen LogP contribution in [-0.4, -0.2) is 38.2 Å². The first-order valence-corrected chi connectivity index (χ1v) is 7.66. The third kappa shape index (κ3) is 4.67. The summed E-state index contributed by atoms with van der Waals surface area (Å²) < 4.78 is 10.1. The topological polar surface area (TPSA) is 64.6 Å². The van der Waals surface area contributed by atoms with Crippen molar-refractivity contribution in [1.82, 2.24) is 5.32 Å². The van der Waals surface area contributed by atoms with Crippen LogP contribution in [0.5, 0.6) is 0 Å². The molecule has 0 bridgehead atoms. The maximum Gasteiger partial charge on any atom is 0.337 e. The fourth-order valence-corrected chi connectivity index (χ4v) is 2.48. The minimum Gasteiger partial charge on any atom is -0.467 e. The van der Waals surface area contributed by atoms with Crippen molar-refractivity contribution in [3.8, 4) is 0 Å². The molecular weight excluding hydrogens is 306 g/mol. The third-order valence-corrected chi connectivity index (χ3v) is 3.70. The van der Waals surface area contributed by atoms with Crippen LogP contribution in [0.25, 0.3) is 0 Å². The van der Waals surface area contributed by atoms with Crippen LogP contribution in [0.2, 0.25) is 0 Å². The normalized spacial score (nSPS) is 12.9. The van der Waals surface area contributed by atoms with E-state index in [1.807, 2.05) is 36.4 Å². The summed E-state index contributed by atoms with van der Waals surface area (Å²) in [5.41, 5.74) is 1.51. The average Bonchev–Trinajstić information content (AvgIpc) is 2.63. The average molecular weight is 327 g/mol. The summed E-state index contributed by atoms with van der Waals surface area (Å²) in [6.45, 7) is 0. The smallest absolute Gasteiger partial charge is 0.337 e. The van der Waals surface area contributed by atoms with Gasteiger partial charge in [0.25, 0.3) is 5.91 Å². The number of methoxy groups -OCH3 is 2. The van der Waals surface area contributed by atoms with Gasteiger partial charge in [0, 0.05) is 12.7 Å². The largest absolute Gasteiger partial charge is 0.467 e. The molecule has 0 fully saturated rings. The van der Waals surface area contributed by atoms with Gasteiger partial charge in [0.15, 0.2) is 6.10 Å². The monoisotopic (exact) mass is 327 g/mol. The lowest BCUT2D eigenvalue weighted by atomic mass is 10.0. The van der Waals surface area contributed by atoms with Gasteiger partial charge in [-0.3, -0.25) is 4.79 Å². The predicted molar refractivity (Wildman–Crippen MR) is 90.7 cm³/mol. The quantitative estimate of drug-likeness (QED) is 0.792. The van der Waals surface area contributed by atoms with Crippen molar-refractivity contribution in [2.75, 3.05) is 14.2 Å². The molecule has 1 N–H and O–H groups in total. The zero-order chi connectivity index (χ0) is 17.4. The highest BCUT2D eigenvalue weighted by molar-refractivity contribution is 5.94. The highest BCUT2D eigenvalue weighted by Gasteiger charge is 2.31. The van der Waals surface area contributed by atoms with Crippen molar-refractivity contribution in [3.63, 3.8) is 0 Å². The zero-order valence-electron chi connectivity index (χ0n) is 13.8. The summed E-state index contributed by atoms with van der Waals surface area (Å²) in [7, 11) is 2.72. The van der Waals surface area contributed by atoms with Gasteiger partial charge in [-0.05, 0) is 24.1 Å². The lowest BCUT2D eigenvalue weighted by Crippen LogP contribution is -2.49. The van der Waals surface area contributed by atoms with Crippen molar-refractivity contribution >= 4 is 11.9 Å². The van der Waals surface area contributed by atoms with Crippen molar-refractivity contribution in [2.45, 2.75) is 18.6 Å². The van der Waals surface area contributed by atoms with Crippen LogP contribution in [0.3, 0.4) is 0 Å². The fourth-order valence-electron chi connectivity index (χ4n) is 2.48. The molecule has 0 aliphatic carbocycles. The molecule has 0 saturated carbocycles. The number of nitrogens with one attached hydrogen (secondary N) is 1. The molecule has 2 rings (SSSR count). The lowest BCUT2D eigenvalue weighted by Gasteiger charge is -2.25. The van der Waals surface area contributed by atoms with E-state index in [1.165, 1.54) is 14.2 Å². The van der Waals surface area contributed by atoms with Crippen LogP contribution in [0, 0.1) is 0 Å². The zero-order valence-corrected chi connectivity index (χ0v) is 13.8. The Morgan fingerprint density at radius 1 is 0.958 bits per heavy atom. The SMILES string of the molecule is COC(=O)[C@H](OC)[C@H](Cc1ccccc1)NC(=O)c1ccccc1. The van der Waals surface area contributed by atoms with Crippen LogP contribution in [-0.2, 0) is 20.7 Å². The summed E-state index contributed by atoms with van der Waals surface area (Å²) in [6, 6.07) is 17.9. The highest BCUT2D eigenvalue weighted by atomic mass is 16.6. The van der Waals surface area contributed by atoms with E-state index in [9.17, 15) is 9.59 Å². The van der Waals surface area contributed by atoms with Gasteiger partial charge in [-0.25, -0.2) is 4.79 Å². The van der Waals surface area contributed by atoms with E-state index in [0.29, 0.717) is 12.0 Å². The van der Waals surface area contributed by atoms with Crippen molar-refractivity contribution in [3.05, 3.63) is 71.8 Å². The summed E-state index contributed by atoms with van der Waals surface area (Å²) in [5, 5.41) is 2.88. The lowest BCUT2D eigenvalue weighted by molar-refractivity contribution is -0.153. The summed E-state index contributed by atoms with van der Waals surface area (Å²) in [6.07, 6.45) is -0.435. The molecule has 0 spiro atoms. The van der Waals surface area contributed by atoms with E-state index in [-0.39, 0.29) is 5.91 Å². The maximum absolute atomic E-state index is 12.5. The van der Waals surface area contributed by atoms with Gasteiger partial charge in [0.2, 0.25) is 0 Å². The molecule has 24 heavy (non-hydrogen) atoms. The minimum absolute atomic E-state index is 0.262. The first-order chi connectivity index (χ1) is 11.7. The second-order valence-electron chi connectivity index (χ2n) is 5.32. The van der Waals surface area contributed by atoms with Crippen LogP contribution in [0.4, 0.5) is 0 Å². The maximum atomic E-state index is 12.5. The Hall–Kier alpha value is -2.66. The molecular formula is C19H21NO4. The van der Waals surface area contributed by atoms with Crippen LogP contribution >= 0.6 is 0 Å². The van der Waals surface area contributed by atoms with E-state index >= 15 is 0 Å². The Morgan fingerprint density at radius 2 is 1.54 bits per heavy atom. The van der Waals surface area contributed by atoms with Crippen molar-refractivity contribution < 1.29 is 19.1 Å². The van der Waals surface area contributed by atoms with Gasteiger partial charge in [-0.2, -0.15) is 0 Å². The summed E-state index contributed by atoms with van der Waals surface area (Å²) >= 11 is 0. The van der Waals surface area contributed by atoms with Crippen molar-refractivity contribution in [1.29, 1.82) is 0 Å². The third-order valence-electron chi connectivity index (χ3n) is 3.70.